The van der Waals surface area contributed by atoms with E-state index in [0.717, 1.165) is 56.4 Å². The molecular formula is C31H39F2N3O2. The molecule has 7 heteroatoms. The maximum absolute atomic E-state index is 14.1. The third-order valence-electron chi connectivity index (χ3n) is 8.49. The van der Waals surface area contributed by atoms with Crippen molar-refractivity contribution >= 4 is 5.97 Å². The number of aliphatic carboxylic acids is 1. The predicted molar refractivity (Wildman–Crippen MR) is 144 cm³/mol. The lowest BCUT2D eigenvalue weighted by atomic mass is 9.86. The lowest BCUT2D eigenvalue weighted by molar-refractivity contribution is -0.144. The van der Waals surface area contributed by atoms with Crippen LogP contribution in [-0.4, -0.2) is 59.6 Å². The fraction of sp³-hybridized carbons (Fsp3) is 0.548. The van der Waals surface area contributed by atoms with Gasteiger partial charge in [-0.05, 0) is 85.9 Å². The van der Waals surface area contributed by atoms with E-state index in [1.54, 1.807) is 18.2 Å². The highest BCUT2D eigenvalue weighted by atomic mass is 19.1. The van der Waals surface area contributed by atoms with Gasteiger partial charge in [0.25, 0.3) is 0 Å². The topological polar surface area (TPSA) is 67.6 Å². The third-order valence-corrected chi connectivity index (χ3v) is 8.49. The molecule has 5 nitrogen and oxygen atoms in total. The summed E-state index contributed by atoms with van der Waals surface area (Å²) >= 11 is 0. The maximum atomic E-state index is 14.1. The van der Waals surface area contributed by atoms with E-state index < -0.39 is 17.8 Å². The van der Waals surface area contributed by atoms with Gasteiger partial charge in [-0.15, -0.1) is 0 Å². The zero-order valence-corrected chi connectivity index (χ0v) is 22.5. The Hall–Kier alpha value is -2.82. The van der Waals surface area contributed by atoms with E-state index in [1.807, 2.05) is 32.0 Å². The molecule has 0 unspecified atom stereocenters. The average molecular weight is 524 g/mol. The van der Waals surface area contributed by atoms with E-state index in [-0.39, 0.29) is 29.1 Å². The Morgan fingerprint density at radius 1 is 1.13 bits per heavy atom. The molecule has 2 heterocycles. The first-order valence-electron chi connectivity index (χ1n) is 13.9. The number of benzene rings is 2. The molecular weight excluding hydrogens is 484 g/mol. The first-order chi connectivity index (χ1) is 18.3. The summed E-state index contributed by atoms with van der Waals surface area (Å²) in [5.74, 6) is -0.535. The molecule has 4 rings (SSSR count). The van der Waals surface area contributed by atoms with Crippen LogP contribution in [0.4, 0.5) is 8.78 Å². The van der Waals surface area contributed by atoms with Crippen LogP contribution in [0.25, 0.3) is 0 Å². The van der Waals surface area contributed by atoms with Crippen molar-refractivity contribution in [3.05, 3.63) is 70.8 Å². The smallest absolute Gasteiger partial charge is 0.321 e. The number of carboxylic acids is 1. The van der Waals surface area contributed by atoms with Crippen molar-refractivity contribution in [2.24, 2.45) is 17.8 Å². The summed E-state index contributed by atoms with van der Waals surface area (Å²) in [6, 6.07) is 13.1. The summed E-state index contributed by atoms with van der Waals surface area (Å²) in [5.41, 5.74) is 1.91. The van der Waals surface area contributed by atoms with E-state index in [4.69, 9.17) is 0 Å². The summed E-state index contributed by atoms with van der Waals surface area (Å²) in [6.07, 6.45) is 4.91. The number of rotatable bonds is 10. The molecule has 1 N–H and O–H groups in total. The largest absolute Gasteiger partial charge is 0.480 e. The number of hydrogen-bond acceptors (Lipinski definition) is 4. The molecule has 2 aliphatic heterocycles. The Morgan fingerprint density at radius 2 is 1.87 bits per heavy atom. The number of likely N-dealkylation sites (tertiary alicyclic amines) is 2. The number of piperidine rings is 1. The van der Waals surface area contributed by atoms with Crippen LogP contribution in [0.5, 0.6) is 0 Å². The molecule has 0 bridgehead atoms. The van der Waals surface area contributed by atoms with Crippen LogP contribution in [0.1, 0.15) is 62.1 Å². The monoisotopic (exact) mass is 523 g/mol. The highest BCUT2D eigenvalue weighted by molar-refractivity contribution is 5.73. The summed E-state index contributed by atoms with van der Waals surface area (Å²) < 4.78 is 27.9. The molecule has 0 amide bonds. The minimum Gasteiger partial charge on any atom is -0.480 e. The zero-order valence-electron chi connectivity index (χ0n) is 22.5. The molecule has 204 valence electrons. The first-order valence-corrected chi connectivity index (χ1v) is 13.9. The number of aryl methyl sites for hydroxylation is 1. The van der Waals surface area contributed by atoms with Gasteiger partial charge in [-0.2, -0.15) is 5.26 Å². The molecule has 0 saturated carbocycles. The number of nitriles is 1. The van der Waals surface area contributed by atoms with Crippen molar-refractivity contribution in [1.82, 2.24) is 9.80 Å². The minimum atomic E-state index is -0.792. The highest BCUT2D eigenvalue weighted by Gasteiger charge is 2.41. The van der Waals surface area contributed by atoms with Crippen LogP contribution in [-0.2, 0) is 11.2 Å². The SMILES string of the molecule is CC(C)[C@H](C(=O)O)N1C[C@H](CN2CCC(CCCc3cccc(F)c3C#N)CC2)[C@@H](c2cccc(F)c2)C1. The predicted octanol–water partition coefficient (Wildman–Crippen LogP) is 5.70. The molecule has 2 aliphatic rings. The lowest BCUT2D eigenvalue weighted by Gasteiger charge is -2.35. The van der Waals surface area contributed by atoms with E-state index in [2.05, 4.69) is 9.80 Å². The summed E-state index contributed by atoms with van der Waals surface area (Å²) in [5, 5.41) is 19.1. The molecule has 0 spiro atoms. The average Bonchev–Trinajstić information content (AvgIpc) is 3.27. The van der Waals surface area contributed by atoms with Gasteiger partial charge in [0.05, 0.1) is 5.56 Å². The normalized spacial score (nSPS) is 22.0. The van der Waals surface area contributed by atoms with E-state index in [0.29, 0.717) is 25.4 Å². The highest BCUT2D eigenvalue weighted by Crippen LogP contribution is 2.36. The molecule has 3 atom stereocenters. The maximum Gasteiger partial charge on any atom is 0.321 e. The van der Waals surface area contributed by atoms with Gasteiger partial charge in [-0.3, -0.25) is 9.69 Å². The second-order valence-electron chi connectivity index (χ2n) is 11.4. The van der Waals surface area contributed by atoms with Gasteiger partial charge < -0.3 is 10.0 Å². The van der Waals surface area contributed by atoms with Gasteiger partial charge in [0.1, 0.15) is 23.7 Å². The van der Waals surface area contributed by atoms with Crippen molar-refractivity contribution in [3.8, 4) is 6.07 Å². The van der Waals surface area contributed by atoms with E-state index in [1.165, 1.54) is 12.1 Å². The number of halogens is 2. The van der Waals surface area contributed by atoms with Crippen molar-refractivity contribution < 1.29 is 18.7 Å². The third kappa shape index (κ3) is 6.78. The van der Waals surface area contributed by atoms with E-state index in [9.17, 15) is 23.9 Å². The Bertz CT molecular complexity index is 1140. The number of nitrogens with zero attached hydrogens (tertiary/aromatic N) is 3. The molecule has 0 aromatic heterocycles. The van der Waals surface area contributed by atoms with E-state index >= 15 is 0 Å². The van der Waals surface area contributed by atoms with Gasteiger partial charge in [-0.25, -0.2) is 8.78 Å². The number of carbonyl (C=O) groups is 1. The quantitative estimate of drug-likeness (QED) is 0.433. The molecule has 2 fully saturated rings. The van der Waals surface area contributed by atoms with Gasteiger partial charge in [0, 0.05) is 25.6 Å². The molecule has 2 saturated heterocycles. The number of hydrogen-bond donors (Lipinski definition) is 1. The fourth-order valence-electron chi connectivity index (χ4n) is 6.57. The lowest BCUT2D eigenvalue weighted by Crippen LogP contribution is -2.44. The minimum absolute atomic E-state index is 0.00762. The number of carboxylic acid groups (broad SMARTS) is 1. The fourth-order valence-corrected chi connectivity index (χ4v) is 6.57. The van der Waals surface area contributed by atoms with Gasteiger partial charge in [-0.1, -0.05) is 44.5 Å². The molecule has 2 aromatic carbocycles. The second kappa shape index (κ2) is 12.8. The van der Waals surface area contributed by atoms with Crippen LogP contribution in [0.15, 0.2) is 42.5 Å². The summed E-state index contributed by atoms with van der Waals surface area (Å²) in [7, 11) is 0. The van der Waals surface area contributed by atoms with Gasteiger partial charge in [0.15, 0.2) is 0 Å². The van der Waals surface area contributed by atoms with Crippen LogP contribution < -0.4 is 0 Å². The van der Waals surface area contributed by atoms with Crippen LogP contribution in [0.3, 0.4) is 0 Å². The molecule has 2 aromatic rings. The standard InChI is InChI=1S/C31H39F2N3O2/c1-21(2)30(31(37)38)36-19-25(28(20-36)24-9-4-10-26(32)16-24)18-35-14-12-22(13-15-35)6-3-7-23-8-5-11-29(33)27(23)17-34/h4-5,8-11,16,21-22,25,28,30H,3,6-7,12-15,18-20H2,1-2H3,(H,37,38)/t25-,28+,30+/m0/s1. The summed E-state index contributed by atoms with van der Waals surface area (Å²) in [4.78, 5) is 16.6. The van der Waals surface area contributed by atoms with Crippen molar-refractivity contribution in [2.45, 2.75) is 57.9 Å². The Balaban J connectivity index is 1.33. The zero-order chi connectivity index (χ0) is 27.2. The molecule has 38 heavy (non-hydrogen) atoms. The van der Waals surface area contributed by atoms with Crippen LogP contribution in [0, 0.1) is 40.7 Å². The second-order valence-corrected chi connectivity index (χ2v) is 11.4. The van der Waals surface area contributed by atoms with Crippen molar-refractivity contribution in [3.63, 3.8) is 0 Å². The first kappa shape index (κ1) is 28.2. The van der Waals surface area contributed by atoms with Crippen molar-refractivity contribution in [1.29, 1.82) is 5.26 Å². The van der Waals surface area contributed by atoms with Crippen molar-refractivity contribution in [2.75, 3.05) is 32.7 Å². The Labute approximate surface area is 225 Å². The van der Waals surface area contributed by atoms with Crippen LogP contribution in [0.2, 0.25) is 0 Å². The molecule has 0 aliphatic carbocycles. The van der Waals surface area contributed by atoms with Gasteiger partial charge in [0.2, 0.25) is 0 Å². The Kier molecular flexibility index (Phi) is 9.51. The summed E-state index contributed by atoms with van der Waals surface area (Å²) in [6.45, 7) is 8.09. The Morgan fingerprint density at radius 3 is 2.53 bits per heavy atom. The van der Waals surface area contributed by atoms with Crippen LogP contribution >= 0.6 is 0 Å². The van der Waals surface area contributed by atoms with Gasteiger partial charge >= 0.3 is 5.97 Å². The molecule has 0 radical (unpaired) electrons.